The molecule has 0 unspecified atom stereocenters. The molecule has 0 atom stereocenters. The number of hydrogen-bond acceptors (Lipinski definition) is 2. The number of nitrogens with one attached hydrogen (secondary N) is 2. The molecule has 104 valence electrons. The van der Waals surface area contributed by atoms with Crippen molar-refractivity contribution in [2.75, 3.05) is 11.6 Å². The molecule has 0 saturated carbocycles. The summed E-state index contributed by atoms with van der Waals surface area (Å²) in [5.41, 5.74) is 1.58. The van der Waals surface area contributed by atoms with Crippen molar-refractivity contribution in [2.45, 2.75) is 11.4 Å². The zero-order valence-corrected chi connectivity index (χ0v) is 11.8. The minimum atomic E-state index is -0.329. The third kappa shape index (κ3) is 4.28. The van der Waals surface area contributed by atoms with E-state index in [4.69, 9.17) is 0 Å². The van der Waals surface area contributed by atoms with Crippen LogP contribution in [0.1, 0.15) is 5.56 Å². The van der Waals surface area contributed by atoms with Gasteiger partial charge in [0.2, 0.25) is 0 Å². The van der Waals surface area contributed by atoms with Crippen molar-refractivity contribution < 1.29 is 9.18 Å². The van der Waals surface area contributed by atoms with Crippen molar-refractivity contribution in [3.05, 3.63) is 59.9 Å². The van der Waals surface area contributed by atoms with Crippen LogP contribution in [0.3, 0.4) is 0 Å². The van der Waals surface area contributed by atoms with Gasteiger partial charge in [-0.05, 0) is 48.2 Å². The van der Waals surface area contributed by atoms with Crippen LogP contribution in [0.25, 0.3) is 0 Å². The molecule has 0 aliphatic carbocycles. The highest BCUT2D eigenvalue weighted by Crippen LogP contribution is 2.14. The lowest BCUT2D eigenvalue weighted by Gasteiger charge is -2.08. The molecule has 0 saturated heterocycles. The Hall–Kier alpha value is -2.01. The highest BCUT2D eigenvalue weighted by molar-refractivity contribution is 7.98. The summed E-state index contributed by atoms with van der Waals surface area (Å²) in [4.78, 5) is 12.9. The van der Waals surface area contributed by atoms with E-state index < -0.39 is 0 Å². The van der Waals surface area contributed by atoms with Crippen LogP contribution in [-0.2, 0) is 6.54 Å². The fraction of sp³-hybridized carbons (Fsp3) is 0.133. The van der Waals surface area contributed by atoms with Gasteiger partial charge in [-0.25, -0.2) is 9.18 Å². The van der Waals surface area contributed by atoms with Gasteiger partial charge < -0.3 is 10.6 Å². The largest absolute Gasteiger partial charge is 0.334 e. The van der Waals surface area contributed by atoms with Crippen LogP contribution in [-0.4, -0.2) is 12.3 Å². The number of carbonyl (C=O) groups is 1. The summed E-state index contributed by atoms with van der Waals surface area (Å²) >= 11 is 1.67. The number of rotatable bonds is 4. The second-order valence-corrected chi connectivity index (χ2v) is 5.04. The number of anilines is 1. The van der Waals surface area contributed by atoms with Gasteiger partial charge in [-0.3, -0.25) is 0 Å². The van der Waals surface area contributed by atoms with E-state index in [-0.39, 0.29) is 11.8 Å². The van der Waals surface area contributed by atoms with Crippen LogP contribution in [0.5, 0.6) is 0 Å². The van der Waals surface area contributed by atoms with E-state index in [1.807, 2.05) is 30.5 Å². The number of thioether (sulfide) groups is 1. The van der Waals surface area contributed by atoms with Crippen molar-refractivity contribution >= 4 is 23.5 Å². The summed E-state index contributed by atoms with van der Waals surface area (Å²) in [6.45, 7) is 0.446. The fourth-order valence-electron chi connectivity index (χ4n) is 1.63. The molecule has 0 aliphatic rings. The van der Waals surface area contributed by atoms with Crippen molar-refractivity contribution in [3.63, 3.8) is 0 Å². The molecule has 2 N–H and O–H groups in total. The van der Waals surface area contributed by atoms with Crippen molar-refractivity contribution in [2.24, 2.45) is 0 Å². The molecule has 20 heavy (non-hydrogen) atoms. The van der Waals surface area contributed by atoms with Crippen LogP contribution >= 0.6 is 11.8 Å². The van der Waals surface area contributed by atoms with Crippen LogP contribution in [0.15, 0.2) is 53.4 Å². The fourth-order valence-corrected chi connectivity index (χ4v) is 2.04. The van der Waals surface area contributed by atoms with E-state index >= 15 is 0 Å². The molecule has 2 rings (SSSR count). The lowest BCUT2D eigenvalue weighted by molar-refractivity contribution is 0.251. The molecular weight excluding hydrogens is 275 g/mol. The van der Waals surface area contributed by atoms with E-state index in [0.29, 0.717) is 12.2 Å². The van der Waals surface area contributed by atoms with Gasteiger partial charge >= 0.3 is 6.03 Å². The normalized spacial score (nSPS) is 10.1. The zero-order valence-electron chi connectivity index (χ0n) is 11.0. The molecule has 0 bridgehead atoms. The summed E-state index contributed by atoms with van der Waals surface area (Å²) in [5.74, 6) is -0.329. The Morgan fingerprint density at radius 3 is 2.35 bits per heavy atom. The number of carbonyl (C=O) groups excluding carboxylic acids is 1. The predicted molar refractivity (Wildman–Crippen MR) is 80.5 cm³/mol. The van der Waals surface area contributed by atoms with Gasteiger partial charge in [-0.15, -0.1) is 11.8 Å². The average Bonchev–Trinajstić information content (AvgIpc) is 2.48. The molecule has 0 spiro atoms. The maximum atomic E-state index is 12.7. The monoisotopic (exact) mass is 290 g/mol. The molecule has 5 heteroatoms. The Kier molecular flexibility index (Phi) is 5.01. The summed E-state index contributed by atoms with van der Waals surface area (Å²) in [6.07, 6.45) is 2.02. The van der Waals surface area contributed by atoms with Crippen molar-refractivity contribution in [1.29, 1.82) is 0 Å². The zero-order chi connectivity index (χ0) is 14.4. The van der Waals surface area contributed by atoms with Gasteiger partial charge in [0.25, 0.3) is 0 Å². The maximum Gasteiger partial charge on any atom is 0.319 e. The molecule has 0 heterocycles. The number of hydrogen-bond donors (Lipinski definition) is 2. The highest BCUT2D eigenvalue weighted by Gasteiger charge is 2.02. The summed E-state index contributed by atoms with van der Waals surface area (Å²) in [5, 5.41) is 5.39. The van der Waals surface area contributed by atoms with E-state index in [0.717, 1.165) is 5.56 Å². The first kappa shape index (κ1) is 14.4. The minimum absolute atomic E-state index is 0.314. The maximum absolute atomic E-state index is 12.7. The summed E-state index contributed by atoms with van der Waals surface area (Å²) < 4.78 is 12.7. The third-order valence-corrected chi connectivity index (χ3v) is 3.46. The van der Waals surface area contributed by atoms with Crippen LogP contribution in [0, 0.1) is 5.82 Å². The van der Waals surface area contributed by atoms with Crippen LogP contribution in [0.2, 0.25) is 0 Å². The van der Waals surface area contributed by atoms with Crippen molar-refractivity contribution in [1.82, 2.24) is 5.32 Å². The Bertz CT molecular complexity index is 569. The molecule has 0 radical (unpaired) electrons. The summed E-state index contributed by atoms with van der Waals surface area (Å²) in [6, 6.07) is 13.3. The first-order valence-electron chi connectivity index (χ1n) is 6.11. The number of urea groups is 1. The first-order chi connectivity index (χ1) is 9.67. The average molecular weight is 290 g/mol. The SMILES string of the molecule is CSc1ccc(CNC(=O)Nc2ccc(F)cc2)cc1. The lowest BCUT2D eigenvalue weighted by Crippen LogP contribution is -2.28. The third-order valence-electron chi connectivity index (χ3n) is 2.71. The number of amides is 2. The van der Waals surface area contributed by atoms with Crippen LogP contribution in [0.4, 0.5) is 14.9 Å². The standard InChI is InChI=1S/C15H15FN2OS/c1-20-14-8-2-11(3-9-14)10-17-15(19)18-13-6-4-12(16)5-7-13/h2-9H,10H2,1H3,(H2,17,18,19). The molecule has 2 aromatic carbocycles. The Balaban J connectivity index is 1.83. The van der Waals surface area contributed by atoms with Gasteiger partial charge in [0.15, 0.2) is 0 Å². The van der Waals surface area contributed by atoms with E-state index in [9.17, 15) is 9.18 Å². The minimum Gasteiger partial charge on any atom is -0.334 e. The molecule has 3 nitrogen and oxygen atoms in total. The van der Waals surface area contributed by atoms with E-state index in [1.165, 1.54) is 29.2 Å². The number of benzene rings is 2. The molecule has 0 aliphatic heterocycles. The van der Waals surface area contributed by atoms with E-state index in [2.05, 4.69) is 10.6 Å². The quantitative estimate of drug-likeness (QED) is 0.839. The van der Waals surface area contributed by atoms with Gasteiger partial charge in [0.05, 0.1) is 0 Å². The Morgan fingerprint density at radius 2 is 1.75 bits per heavy atom. The smallest absolute Gasteiger partial charge is 0.319 e. The van der Waals surface area contributed by atoms with Gasteiger partial charge in [-0.1, -0.05) is 12.1 Å². The first-order valence-corrected chi connectivity index (χ1v) is 7.33. The summed E-state index contributed by atoms with van der Waals surface area (Å²) in [7, 11) is 0. The van der Waals surface area contributed by atoms with Gasteiger partial charge in [-0.2, -0.15) is 0 Å². The second kappa shape index (κ2) is 6.96. The molecule has 0 aromatic heterocycles. The highest BCUT2D eigenvalue weighted by atomic mass is 32.2. The molecule has 0 fully saturated rings. The van der Waals surface area contributed by atoms with Gasteiger partial charge in [0.1, 0.15) is 5.82 Å². The molecule has 2 aromatic rings. The predicted octanol–water partition coefficient (Wildman–Crippen LogP) is 3.87. The Morgan fingerprint density at radius 1 is 1.10 bits per heavy atom. The van der Waals surface area contributed by atoms with Crippen molar-refractivity contribution in [3.8, 4) is 0 Å². The van der Waals surface area contributed by atoms with Crippen LogP contribution < -0.4 is 10.6 Å². The van der Waals surface area contributed by atoms with E-state index in [1.54, 1.807) is 11.8 Å². The number of halogens is 1. The topological polar surface area (TPSA) is 41.1 Å². The molecular formula is C15H15FN2OS. The Labute approximate surface area is 121 Å². The molecule has 2 amide bonds. The second-order valence-electron chi connectivity index (χ2n) is 4.16. The lowest BCUT2D eigenvalue weighted by atomic mass is 10.2. The van der Waals surface area contributed by atoms with Gasteiger partial charge in [0, 0.05) is 17.1 Å².